The summed E-state index contributed by atoms with van der Waals surface area (Å²) < 4.78 is 0. The number of nitrogens with zero attached hydrogens (tertiary/aromatic N) is 1. The Hall–Kier alpha value is -2.63. The van der Waals surface area contributed by atoms with Crippen LogP contribution in [-0.2, 0) is 4.79 Å². The summed E-state index contributed by atoms with van der Waals surface area (Å²) in [6.45, 7) is 5.63. The molecule has 0 bridgehead atoms. The molecule has 6 heteroatoms. The van der Waals surface area contributed by atoms with Crippen LogP contribution in [0.2, 0.25) is 0 Å². The third kappa shape index (κ3) is 3.72. The zero-order valence-corrected chi connectivity index (χ0v) is 13.0. The fourth-order valence-electron chi connectivity index (χ4n) is 2.08. The van der Waals surface area contributed by atoms with Crippen LogP contribution in [0.3, 0.4) is 0 Å². The first-order chi connectivity index (χ1) is 10.5. The molecule has 1 aromatic carbocycles. The van der Waals surface area contributed by atoms with Gasteiger partial charge in [0.15, 0.2) is 0 Å². The number of carbonyl (C=O) groups is 2. The second kappa shape index (κ2) is 6.89. The van der Waals surface area contributed by atoms with E-state index in [1.807, 2.05) is 20.8 Å². The summed E-state index contributed by atoms with van der Waals surface area (Å²) >= 11 is 0. The lowest BCUT2D eigenvalue weighted by atomic mass is 10.2. The van der Waals surface area contributed by atoms with Gasteiger partial charge in [-0.25, -0.2) is 0 Å². The summed E-state index contributed by atoms with van der Waals surface area (Å²) in [6.07, 6.45) is 1.29. The van der Waals surface area contributed by atoms with Crippen LogP contribution in [0.4, 0.5) is 11.4 Å². The highest BCUT2D eigenvalue weighted by atomic mass is 16.2. The van der Waals surface area contributed by atoms with Crippen LogP contribution >= 0.6 is 0 Å². The van der Waals surface area contributed by atoms with Gasteiger partial charge in [0.05, 0.1) is 17.1 Å². The van der Waals surface area contributed by atoms with Crippen molar-refractivity contribution < 1.29 is 9.59 Å². The summed E-state index contributed by atoms with van der Waals surface area (Å²) in [6, 6.07) is 6.80. The highest BCUT2D eigenvalue weighted by Crippen LogP contribution is 2.18. The number of rotatable bonds is 5. The van der Waals surface area contributed by atoms with Crippen molar-refractivity contribution in [3.05, 3.63) is 41.2 Å². The Labute approximate surface area is 129 Å². The van der Waals surface area contributed by atoms with Crippen molar-refractivity contribution in [2.24, 2.45) is 0 Å². The maximum Gasteiger partial charge on any atom is 0.255 e. The molecule has 2 rings (SSSR count). The molecule has 0 aliphatic heterocycles. The minimum absolute atomic E-state index is 0.0238. The Morgan fingerprint density at radius 1 is 1.14 bits per heavy atom. The minimum Gasteiger partial charge on any atom is -0.326 e. The predicted molar refractivity (Wildman–Crippen MR) is 86.0 cm³/mol. The highest BCUT2D eigenvalue weighted by molar-refractivity contribution is 6.05. The largest absolute Gasteiger partial charge is 0.326 e. The van der Waals surface area contributed by atoms with E-state index in [9.17, 15) is 9.59 Å². The van der Waals surface area contributed by atoms with Gasteiger partial charge in [0, 0.05) is 17.7 Å². The molecule has 0 radical (unpaired) electrons. The summed E-state index contributed by atoms with van der Waals surface area (Å²) in [4.78, 5) is 23.7. The lowest BCUT2D eigenvalue weighted by Gasteiger charge is -2.07. The summed E-state index contributed by atoms with van der Waals surface area (Å²) in [5.41, 5.74) is 3.47. The zero-order chi connectivity index (χ0) is 16.1. The molecule has 0 aliphatic rings. The molecule has 6 nitrogen and oxygen atoms in total. The smallest absolute Gasteiger partial charge is 0.255 e. The van der Waals surface area contributed by atoms with Gasteiger partial charge in [0.1, 0.15) is 0 Å². The van der Waals surface area contributed by atoms with E-state index in [2.05, 4.69) is 20.8 Å². The minimum atomic E-state index is -0.209. The number of amides is 2. The van der Waals surface area contributed by atoms with Gasteiger partial charge in [-0.2, -0.15) is 5.10 Å². The molecule has 0 aliphatic carbocycles. The number of aromatic amines is 1. The summed E-state index contributed by atoms with van der Waals surface area (Å²) in [7, 11) is 0. The molecule has 22 heavy (non-hydrogen) atoms. The lowest BCUT2D eigenvalue weighted by molar-refractivity contribution is -0.116. The van der Waals surface area contributed by atoms with Crippen molar-refractivity contribution in [3.63, 3.8) is 0 Å². The molecule has 116 valence electrons. The quantitative estimate of drug-likeness (QED) is 0.793. The topological polar surface area (TPSA) is 86.9 Å². The molecule has 1 heterocycles. The van der Waals surface area contributed by atoms with E-state index < -0.39 is 0 Å². The molecule has 0 unspecified atom stereocenters. The Morgan fingerprint density at radius 3 is 2.36 bits per heavy atom. The molecule has 0 saturated heterocycles. The zero-order valence-electron chi connectivity index (χ0n) is 13.0. The Morgan fingerprint density at radius 2 is 1.82 bits per heavy atom. The monoisotopic (exact) mass is 300 g/mol. The molecular weight excluding hydrogens is 280 g/mol. The molecule has 1 aromatic heterocycles. The molecule has 0 atom stereocenters. The summed E-state index contributed by atoms with van der Waals surface area (Å²) in [5, 5.41) is 12.5. The van der Waals surface area contributed by atoms with E-state index in [4.69, 9.17) is 0 Å². The van der Waals surface area contributed by atoms with Gasteiger partial charge in [-0.1, -0.05) is 6.92 Å². The van der Waals surface area contributed by atoms with E-state index in [1.165, 1.54) is 0 Å². The predicted octanol–water partition coefficient (Wildman–Crippen LogP) is 3.02. The number of hydrogen-bond acceptors (Lipinski definition) is 3. The van der Waals surface area contributed by atoms with Crippen LogP contribution in [-0.4, -0.2) is 22.0 Å². The normalized spacial score (nSPS) is 10.3. The number of H-pyrrole nitrogens is 1. The van der Waals surface area contributed by atoms with Crippen LogP contribution in [0, 0.1) is 13.8 Å². The molecule has 0 saturated carbocycles. The van der Waals surface area contributed by atoms with Gasteiger partial charge in [-0.3, -0.25) is 14.7 Å². The fourth-order valence-corrected chi connectivity index (χ4v) is 2.08. The molecule has 0 spiro atoms. The number of aryl methyl sites for hydroxylation is 2. The SMILES string of the molecule is CCCC(=O)Nc1ccc(C(=O)Nc2c(C)n[nH]c2C)cc1. The van der Waals surface area contributed by atoms with Gasteiger partial charge in [0.2, 0.25) is 5.91 Å². The number of nitrogens with one attached hydrogen (secondary N) is 3. The average molecular weight is 300 g/mol. The van der Waals surface area contributed by atoms with E-state index in [1.54, 1.807) is 24.3 Å². The van der Waals surface area contributed by atoms with Crippen molar-refractivity contribution in [1.82, 2.24) is 10.2 Å². The number of carbonyl (C=O) groups excluding carboxylic acids is 2. The number of aromatic nitrogens is 2. The highest BCUT2D eigenvalue weighted by Gasteiger charge is 2.12. The van der Waals surface area contributed by atoms with Crippen LogP contribution in [0.5, 0.6) is 0 Å². The van der Waals surface area contributed by atoms with Crippen LogP contribution in [0.25, 0.3) is 0 Å². The molecular formula is C16H20N4O2. The van der Waals surface area contributed by atoms with Gasteiger partial charge >= 0.3 is 0 Å². The second-order valence-corrected chi connectivity index (χ2v) is 5.14. The average Bonchev–Trinajstić information content (AvgIpc) is 2.80. The molecule has 3 N–H and O–H groups in total. The standard InChI is InChI=1S/C16H20N4O2/c1-4-5-14(21)17-13-8-6-12(7-9-13)16(22)18-15-10(2)19-20-11(15)3/h6-9H,4-5H2,1-3H3,(H,17,21)(H,18,22)(H,19,20). The first-order valence-corrected chi connectivity index (χ1v) is 7.24. The molecule has 2 aromatic rings. The maximum absolute atomic E-state index is 12.2. The fraction of sp³-hybridized carbons (Fsp3) is 0.312. The van der Waals surface area contributed by atoms with Gasteiger partial charge < -0.3 is 10.6 Å². The van der Waals surface area contributed by atoms with Crippen LogP contribution < -0.4 is 10.6 Å². The van der Waals surface area contributed by atoms with Crippen molar-refractivity contribution >= 4 is 23.2 Å². The first-order valence-electron chi connectivity index (χ1n) is 7.24. The lowest BCUT2D eigenvalue weighted by Crippen LogP contribution is -2.14. The molecule has 0 fully saturated rings. The second-order valence-electron chi connectivity index (χ2n) is 5.14. The van der Waals surface area contributed by atoms with Crippen molar-refractivity contribution in [1.29, 1.82) is 0 Å². The Balaban J connectivity index is 2.04. The maximum atomic E-state index is 12.2. The van der Waals surface area contributed by atoms with Gasteiger partial charge in [0.25, 0.3) is 5.91 Å². The Bertz CT molecular complexity index is 654. The third-order valence-electron chi connectivity index (χ3n) is 3.27. The van der Waals surface area contributed by atoms with Crippen molar-refractivity contribution in [2.45, 2.75) is 33.6 Å². The number of hydrogen-bond donors (Lipinski definition) is 3. The number of anilines is 2. The van der Waals surface area contributed by atoms with E-state index >= 15 is 0 Å². The van der Waals surface area contributed by atoms with Crippen molar-refractivity contribution in [2.75, 3.05) is 10.6 Å². The van der Waals surface area contributed by atoms with Gasteiger partial charge in [-0.05, 0) is 44.5 Å². The third-order valence-corrected chi connectivity index (χ3v) is 3.27. The van der Waals surface area contributed by atoms with Crippen LogP contribution in [0.1, 0.15) is 41.5 Å². The van der Waals surface area contributed by atoms with Crippen molar-refractivity contribution in [3.8, 4) is 0 Å². The summed E-state index contributed by atoms with van der Waals surface area (Å²) in [5.74, 6) is -0.233. The number of benzene rings is 1. The van der Waals surface area contributed by atoms with E-state index in [0.29, 0.717) is 23.4 Å². The first kappa shape index (κ1) is 15.8. The van der Waals surface area contributed by atoms with Gasteiger partial charge in [-0.15, -0.1) is 0 Å². The Kier molecular flexibility index (Phi) is 4.93. The van der Waals surface area contributed by atoms with E-state index in [-0.39, 0.29) is 11.8 Å². The van der Waals surface area contributed by atoms with E-state index in [0.717, 1.165) is 17.8 Å². The molecule has 2 amide bonds. The van der Waals surface area contributed by atoms with Crippen LogP contribution in [0.15, 0.2) is 24.3 Å².